The Morgan fingerprint density at radius 3 is 2.47 bits per heavy atom. The Balaban J connectivity index is 1.13. The van der Waals surface area contributed by atoms with E-state index in [1.807, 2.05) is 29.2 Å². The molecular formula is C36H40F2N6O3. The number of amides is 2. The third-order valence-electron chi connectivity index (χ3n) is 9.59. The highest BCUT2D eigenvalue weighted by atomic mass is 19.1. The number of ether oxygens (including phenoxy) is 1. The van der Waals surface area contributed by atoms with E-state index in [0.29, 0.717) is 58.7 Å². The van der Waals surface area contributed by atoms with E-state index < -0.39 is 11.6 Å². The number of carbonyl (C=O) groups excluding carboxylic acids is 2. The van der Waals surface area contributed by atoms with Gasteiger partial charge in [-0.15, -0.1) is 0 Å². The summed E-state index contributed by atoms with van der Waals surface area (Å²) in [5.74, 6) is -1.28. The monoisotopic (exact) mass is 642 g/mol. The maximum atomic E-state index is 13.9. The maximum Gasteiger partial charge on any atom is 0.258 e. The highest BCUT2D eigenvalue weighted by molar-refractivity contribution is 6.11. The van der Waals surface area contributed by atoms with Gasteiger partial charge in [0.2, 0.25) is 0 Å². The van der Waals surface area contributed by atoms with Crippen molar-refractivity contribution < 1.29 is 23.1 Å². The standard InChI is InChI=1S/C36H40F2N6O3/c37-26-17-24(18-27(38)21-26)16-23-5-8-32-31(19-23)34(42-41-32)40-35(45)30-7-6-25(20-33(30)39-28-9-14-47-15-10-28)36(46)44-13-3-4-29(44)22-43-11-1-2-12-43/h5-8,17-21,28-29,39H,1-4,9-16,22H2,(H2,40,41,42,45)/t29-/m1/s1. The number of fused-ring (bicyclic) bond motifs is 1. The molecule has 7 rings (SSSR count). The number of rotatable bonds is 9. The van der Waals surface area contributed by atoms with Crippen LogP contribution in [0.15, 0.2) is 54.6 Å². The van der Waals surface area contributed by atoms with Crippen molar-refractivity contribution in [3.05, 3.63) is 88.5 Å². The Labute approximate surface area is 272 Å². The number of aromatic amines is 1. The van der Waals surface area contributed by atoms with Gasteiger partial charge in [-0.25, -0.2) is 8.78 Å². The third kappa shape index (κ3) is 7.16. The lowest BCUT2D eigenvalue weighted by atomic mass is 10.0. The van der Waals surface area contributed by atoms with Gasteiger partial charge < -0.3 is 25.2 Å². The van der Waals surface area contributed by atoms with Gasteiger partial charge in [-0.1, -0.05) is 6.07 Å². The predicted molar refractivity (Wildman–Crippen MR) is 177 cm³/mol. The second-order valence-corrected chi connectivity index (χ2v) is 13.0. The number of anilines is 2. The van der Waals surface area contributed by atoms with E-state index in [1.165, 1.54) is 25.0 Å². The summed E-state index contributed by atoms with van der Waals surface area (Å²) >= 11 is 0. The molecule has 3 aliphatic rings. The highest BCUT2D eigenvalue weighted by Gasteiger charge is 2.32. The van der Waals surface area contributed by atoms with Crippen molar-refractivity contribution in [3.63, 3.8) is 0 Å². The number of H-pyrrole nitrogens is 1. The van der Waals surface area contributed by atoms with Gasteiger partial charge in [-0.05, 0) is 112 Å². The smallest absolute Gasteiger partial charge is 0.258 e. The zero-order valence-corrected chi connectivity index (χ0v) is 26.4. The fraction of sp³-hybridized carbons (Fsp3) is 0.417. The van der Waals surface area contributed by atoms with Crippen LogP contribution in [0.2, 0.25) is 0 Å². The molecule has 0 radical (unpaired) electrons. The van der Waals surface area contributed by atoms with E-state index in [1.54, 1.807) is 12.1 Å². The van der Waals surface area contributed by atoms with Crippen molar-refractivity contribution in [1.29, 1.82) is 0 Å². The van der Waals surface area contributed by atoms with E-state index in [4.69, 9.17) is 4.74 Å². The molecule has 0 spiro atoms. The predicted octanol–water partition coefficient (Wildman–Crippen LogP) is 5.98. The molecule has 3 aromatic carbocycles. The lowest BCUT2D eigenvalue weighted by molar-refractivity contribution is 0.0708. The number of likely N-dealkylation sites (tertiary alicyclic amines) is 2. The normalized spacial score (nSPS) is 19.0. The molecule has 1 aromatic heterocycles. The van der Waals surface area contributed by atoms with Crippen molar-refractivity contribution in [2.75, 3.05) is 50.0 Å². The lowest BCUT2D eigenvalue weighted by Gasteiger charge is -2.29. The van der Waals surface area contributed by atoms with Gasteiger partial charge in [0.05, 0.1) is 11.1 Å². The summed E-state index contributed by atoms with van der Waals surface area (Å²) in [5.41, 5.74) is 3.60. The Morgan fingerprint density at radius 2 is 1.68 bits per heavy atom. The van der Waals surface area contributed by atoms with Gasteiger partial charge in [0.15, 0.2) is 5.82 Å². The van der Waals surface area contributed by atoms with Crippen LogP contribution in [0, 0.1) is 11.6 Å². The Hall–Kier alpha value is -4.35. The molecule has 3 N–H and O–H groups in total. The first-order chi connectivity index (χ1) is 22.9. The van der Waals surface area contributed by atoms with Gasteiger partial charge in [0, 0.05) is 61.1 Å². The Bertz CT molecular complexity index is 1740. The molecule has 0 bridgehead atoms. The second kappa shape index (κ2) is 13.8. The summed E-state index contributed by atoms with van der Waals surface area (Å²) < 4.78 is 33.1. The number of hydrogen-bond acceptors (Lipinski definition) is 6. The summed E-state index contributed by atoms with van der Waals surface area (Å²) in [4.78, 5) is 32.2. The highest BCUT2D eigenvalue weighted by Crippen LogP contribution is 2.29. The minimum absolute atomic E-state index is 0.00214. The summed E-state index contributed by atoms with van der Waals surface area (Å²) in [7, 11) is 0. The van der Waals surface area contributed by atoms with Crippen LogP contribution in [-0.4, -0.2) is 83.3 Å². The molecule has 4 heterocycles. The summed E-state index contributed by atoms with van der Waals surface area (Å²) in [6, 6.07) is 14.6. The molecule has 4 aromatic rings. The Kier molecular flexibility index (Phi) is 9.17. The van der Waals surface area contributed by atoms with Crippen molar-refractivity contribution in [2.24, 2.45) is 0 Å². The molecule has 0 aliphatic carbocycles. The average Bonchev–Trinajstić information content (AvgIpc) is 3.83. The van der Waals surface area contributed by atoms with Crippen molar-refractivity contribution in [2.45, 2.75) is 57.0 Å². The van der Waals surface area contributed by atoms with Crippen molar-refractivity contribution in [1.82, 2.24) is 20.0 Å². The lowest BCUT2D eigenvalue weighted by Crippen LogP contribution is -2.42. The number of carbonyl (C=O) groups is 2. The van der Waals surface area contributed by atoms with Crippen LogP contribution in [0.3, 0.4) is 0 Å². The molecule has 246 valence electrons. The van der Waals surface area contributed by atoms with Crippen molar-refractivity contribution in [3.8, 4) is 0 Å². The first kappa shape index (κ1) is 31.3. The molecule has 3 aliphatic heterocycles. The zero-order chi connectivity index (χ0) is 32.3. The van der Waals surface area contributed by atoms with Gasteiger partial charge in [0.1, 0.15) is 11.6 Å². The second-order valence-electron chi connectivity index (χ2n) is 13.0. The van der Waals surface area contributed by atoms with E-state index in [2.05, 4.69) is 25.7 Å². The van der Waals surface area contributed by atoms with Crippen LogP contribution < -0.4 is 10.6 Å². The van der Waals surface area contributed by atoms with Crippen LogP contribution >= 0.6 is 0 Å². The molecule has 9 nitrogen and oxygen atoms in total. The molecule has 0 unspecified atom stereocenters. The fourth-order valence-electron chi connectivity index (χ4n) is 7.17. The number of halogens is 2. The number of hydrogen-bond donors (Lipinski definition) is 3. The van der Waals surface area contributed by atoms with Crippen molar-refractivity contribution >= 4 is 34.2 Å². The van der Waals surface area contributed by atoms with Crippen LogP contribution in [0.4, 0.5) is 20.3 Å². The summed E-state index contributed by atoms with van der Waals surface area (Å²) in [6.07, 6.45) is 6.35. The average molecular weight is 643 g/mol. The van der Waals surface area contributed by atoms with Gasteiger partial charge in [-0.2, -0.15) is 5.10 Å². The van der Waals surface area contributed by atoms with E-state index in [9.17, 15) is 18.4 Å². The SMILES string of the molecule is O=C(Nc1n[nH]c2ccc(Cc3cc(F)cc(F)c3)cc12)c1ccc(C(=O)N2CCC[C@@H]2CN2CCCC2)cc1NC1CCOCC1. The third-order valence-corrected chi connectivity index (χ3v) is 9.59. The number of benzene rings is 3. The van der Waals surface area contributed by atoms with Gasteiger partial charge in [0.25, 0.3) is 11.8 Å². The fourth-order valence-corrected chi connectivity index (χ4v) is 7.17. The largest absolute Gasteiger partial charge is 0.381 e. The topological polar surface area (TPSA) is 103 Å². The van der Waals surface area contributed by atoms with Crippen LogP contribution in [0.25, 0.3) is 10.9 Å². The van der Waals surface area contributed by atoms with E-state index >= 15 is 0 Å². The summed E-state index contributed by atoms with van der Waals surface area (Å²) in [6.45, 7) is 5.12. The molecular weight excluding hydrogens is 602 g/mol. The van der Waals surface area contributed by atoms with Gasteiger partial charge in [-0.3, -0.25) is 14.7 Å². The first-order valence-corrected chi connectivity index (χ1v) is 16.6. The zero-order valence-electron chi connectivity index (χ0n) is 26.4. The van der Waals surface area contributed by atoms with E-state index in [0.717, 1.165) is 63.5 Å². The molecule has 47 heavy (non-hydrogen) atoms. The number of aromatic nitrogens is 2. The van der Waals surface area contributed by atoms with Crippen LogP contribution in [0.5, 0.6) is 0 Å². The quantitative estimate of drug-likeness (QED) is 0.208. The molecule has 3 saturated heterocycles. The maximum absolute atomic E-state index is 13.9. The number of nitrogens with zero attached hydrogens (tertiary/aromatic N) is 3. The van der Waals surface area contributed by atoms with Crippen LogP contribution in [0.1, 0.15) is 70.4 Å². The summed E-state index contributed by atoms with van der Waals surface area (Å²) in [5, 5.41) is 14.5. The molecule has 0 saturated carbocycles. The van der Waals surface area contributed by atoms with Crippen LogP contribution in [-0.2, 0) is 11.2 Å². The first-order valence-electron chi connectivity index (χ1n) is 16.6. The van der Waals surface area contributed by atoms with Gasteiger partial charge >= 0.3 is 0 Å². The molecule has 1 atom stereocenters. The van der Waals surface area contributed by atoms with E-state index in [-0.39, 0.29) is 23.9 Å². The molecule has 11 heteroatoms. The minimum atomic E-state index is -0.627. The molecule has 3 fully saturated rings. The molecule has 2 amide bonds. The number of nitrogens with one attached hydrogen (secondary N) is 3. The minimum Gasteiger partial charge on any atom is -0.381 e. The Morgan fingerprint density at radius 1 is 0.894 bits per heavy atom.